The van der Waals surface area contributed by atoms with Gasteiger partial charge in [0.15, 0.2) is 0 Å². The van der Waals surface area contributed by atoms with Crippen molar-refractivity contribution in [2.75, 3.05) is 13.1 Å². The van der Waals surface area contributed by atoms with E-state index in [4.69, 9.17) is 0 Å². The number of nitro groups is 1. The summed E-state index contributed by atoms with van der Waals surface area (Å²) in [5, 5.41) is 13.4. The van der Waals surface area contributed by atoms with Crippen LogP contribution in [0.5, 0.6) is 0 Å². The Bertz CT molecular complexity index is 1010. The Hall–Kier alpha value is -2.85. The molecule has 8 nitrogen and oxygen atoms in total. The van der Waals surface area contributed by atoms with Gasteiger partial charge in [0.2, 0.25) is 15.9 Å². The van der Waals surface area contributed by atoms with E-state index < -0.39 is 14.9 Å². The van der Waals surface area contributed by atoms with Crippen LogP contribution in [0.25, 0.3) is 0 Å². The first-order valence-electron chi connectivity index (χ1n) is 8.56. The number of nitro benzene ring substituents is 1. The normalized spacial score (nSPS) is 18.5. The van der Waals surface area contributed by atoms with E-state index in [1.807, 2.05) is 0 Å². The second-order valence-corrected chi connectivity index (χ2v) is 8.18. The molecule has 1 aliphatic rings. The number of non-ortho nitro benzene ring substituents is 1. The number of carbonyl (C=O) groups excluding carboxylic acids is 1. The average Bonchev–Trinajstić information content (AvgIpc) is 3.46. The zero-order chi connectivity index (χ0) is 20.3. The van der Waals surface area contributed by atoms with Gasteiger partial charge in [0.05, 0.1) is 9.82 Å². The average molecular weight is 407 g/mol. The number of hydrogen-bond acceptors (Lipinski definition) is 5. The molecule has 28 heavy (non-hydrogen) atoms. The molecule has 0 heterocycles. The van der Waals surface area contributed by atoms with Crippen LogP contribution in [0, 0.1) is 21.8 Å². The molecule has 2 atom stereocenters. The van der Waals surface area contributed by atoms with Gasteiger partial charge < -0.3 is 5.32 Å². The molecule has 2 aromatic carbocycles. The molecule has 1 aliphatic carbocycles. The number of carbonyl (C=O) groups is 1. The molecule has 0 aromatic heterocycles. The predicted octanol–water partition coefficient (Wildman–Crippen LogP) is 1.93. The van der Waals surface area contributed by atoms with Crippen LogP contribution in [0.15, 0.2) is 53.4 Å². The van der Waals surface area contributed by atoms with Gasteiger partial charge in [-0.05, 0) is 30.0 Å². The topological polar surface area (TPSA) is 118 Å². The summed E-state index contributed by atoms with van der Waals surface area (Å²) in [5.41, 5.74) is 0.179. The van der Waals surface area contributed by atoms with E-state index in [2.05, 4.69) is 10.0 Å². The molecule has 1 fully saturated rings. The highest BCUT2D eigenvalue weighted by Crippen LogP contribution is 2.48. The van der Waals surface area contributed by atoms with Gasteiger partial charge in [-0.15, -0.1) is 0 Å². The third kappa shape index (κ3) is 4.52. The molecule has 10 heteroatoms. The highest BCUT2D eigenvalue weighted by molar-refractivity contribution is 7.89. The van der Waals surface area contributed by atoms with E-state index in [9.17, 15) is 27.7 Å². The third-order valence-electron chi connectivity index (χ3n) is 4.49. The first-order valence-corrected chi connectivity index (χ1v) is 10.0. The van der Waals surface area contributed by atoms with Crippen LogP contribution in [-0.4, -0.2) is 32.3 Å². The van der Waals surface area contributed by atoms with Crippen LogP contribution in [-0.2, 0) is 14.8 Å². The van der Waals surface area contributed by atoms with Crippen molar-refractivity contribution < 1.29 is 22.5 Å². The predicted molar refractivity (Wildman–Crippen MR) is 98.5 cm³/mol. The second-order valence-electron chi connectivity index (χ2n) is 6.41. The maximum atomic E-state index is 13.7. The van der Waals surface area contributed by atoms with Crippen LogP contribution in [0.2, 0.25) is 0 Å². The van der Waals surface area contributed by atoms with Gasteiger partial charge in [0.25, 0.3) is 5.69 Å². The lowest BCUT2D eigenvalue weighted by atomic mass is 10.1. The maximum Gasteiger partial charge on any atom is 0.270 e. The van der Waals surface area contributed by atoms with Crippen LogP contribution in [0.4, 0.5) is 10.1 Å². The van der Waals surface area contributed by atoms with Gasteiger partial charge in [-0.1, -0.05) is 24.3 Å². The van der Waals surface area contributed by atoms with Gasteiger partial charge >= 0.3 is 0 Å². The monoisotopic (exact) mass is 407 g/mol. The third-order valence-corrected chi connectivity index (χ3v) is 5.95. The van der Waals surface area contributed by atoms with Crippen molar-refractivity contribution in [3.8, 4) is 0 Å². The number of nitrogens with zero attached hydrogens (tertiary/aromatic N) is 1. The minimum Gasteiger partial charge on any atom is -0.355 e. The SMILES string of the molecule is O=C(NCCNS(=O)(=O)c1cccc([N+](=O)[O-])c1)C1CC1c1ccccc1F. The molecule has 0 saturated heterocycles. The largest absolute Gasteiger partial charge is 0.355 e. The highest BCUT2D eigenvalue weighted by Gasteiger charge is 2.44. The summed E-state index contributed by atoms with van der Waals surface area (Å²) >= 11 is 0. The summed E-state index contributed by atoms with van der Waals surface area (Å²) in [5.74, 6) is -1.09. The number of amides is 1. The summed E-state index contributed by atoms with van der Waals surface area (Å²) in [4.78, 5) is 22.0. The van der Waals surface area contributed by atoms with E-state index in [1.54, 1.807) is 18.2 Å². The quantitative estimate of drug-likeness (QED) is 0.394. The highest BCUT2D eigenvalue weighted by atomic mass is 32.2. The van der Waals surface area contributed by atoms with Gasteiger partial charge in [0, 0.05) is 31.1 Å². The van der Waals surface area contributed by atoms with Gasteiger partial charge in [0.1, 0.15) is 5.82 Å². The maximum absolute atomic E-state index is 13.7. The van der Waals surface area contributed by atoms with Crippen molar-refractivity contribution in [2.24, 2.45) is 5.92 Å². The number of rotatable bonds is 8. The molecule has 2 N–H and O–H groups in total. The van der Waals surface area contributed by atoms with E-state index in [1.165, 1.54) is 24.3 Å². The van der Waals surface area contributed by atoms with Crippen LogP contribution in [0.1, 0.15) is 17.9 Å². The first kappa shape index (κ1) is 19.9. The zero-order valence-corrected chi connectivity index (χ0v) is 15.5. The van der Waals surface area contributed by atoms with E-state index >= 15 is 0 Å². The fourth-order valence-electron chi connectivity index (χ4n) is 2.95. The summed E-state index contributed by atoms with van der Waals surface area (Å²) in [6.45, 7) is -0.0265. The minimum atomic E-state index is -3.93. The fourth-order valence-corrected chi connectivity index (χ4v) is 4.03. The molecule has 0 radical (unpaired) electrons. The number of nitrogens with one attached hydrogen (secondary N) is 2. The number of halogens is 1. The molecule has 0 aliphatic heterocycles. The molecular weight excluding hydrogens is 389 g/mol. The van der Waals surface area contributed by atoms with Crippen molar-refractivity contribution in [3.05, 3.63) is 70.0 Å². The number of hydrogen-bond donors (Lipinski definition) is 2. The summed E-state index contributed by atoms with van der Waals surface area (Å²) in [7, 11) is -3.93. The van der Waals surface area contributed by atoms with Crippen LogP contribution < -0.4 is 10.0 Å². The Kier molecular flexibility index (Phi) is 5.71. The summed E-state index contributed by atoms with van der Waals surface area (Å²) < 4.78 is 40.4. The van der Waals surface area contributed by atoms with Crippen molar-refractivity contribution in [1.29, 1.82) is 0 Å². The summed E-state index contributed by atoms with van der Waals surface area (Å²) in [6, 6.07) is 11.0. The molecule has 2 unspecified atom stereocenters. The summed E-state index contributed by atoms with van der Waals surface area (Å²) in [6.07, 6.45) is 0.548. The Morgan fingerprint density at radius 1 is 1.18 bits per heavy atom. The van der Waals surface area contributed by atoms with E-state index in [0.717, 1.165) is 6.07 Å². The fraction of sp³-hybridized carbons (Fsp3) is 0.278. The molecule has 2 aromatic rings. The Balaban J connectivity index is 1.48. The van der Waals surface area contributed by atoms with Gasteiger partial charge in [-0.2, -0.15) is 0 Å². The minimum absolute atomic E-state index is 0.0491. The van der Waals surface area contributed by atoms with E-state index in [-0.39, 0.29) is 47.2 Å². The van der Waals surface area contributed by atoms with Gasteiger partial charge in [-0.25, -0.2) is 17.5 Å². The number of benzene rings is 2. The van der Waals surface area contributed by atoms with Crippen molar-refractivity contribution >= 4 is 21.6 Å². The van der Waals surface area contributed by atoms with Crippen LogP contribution >= 0.6 is 0 Å². The molecule has 1 saturated carbocycles. The molecule has 1 amide bonds. The van der Waals surface area contributed by atoms with Crippen molar-refractivity contribution in [3.63, 3.8) is 0 Å². The Morgan fingerprint density at radius 3 is 2.64 bits per heavy atom. The van der Waals surface area contributed by atoms with E-state index in [0.29, 0.717) is 12.0 Å². The standard InChI is InChI=1S/C18H18FN3O5S/c19-17-7-2-1-6-14(17)15-11-16(15)18(23)20-8-9-21-28(26,27)13-5-3-4-12(10-13)22(24)25/h1-7,10,15-16,21H,8-9,11H2,(H,20,23). The Labute approximate surface area is 161 Å². The molecule has 0 spiro atoms. The molecule has 3 rings (SSSR count). The van der Waals surface area contributed by atoms with Crippen molar-refractivity contribution in [1.82, 2.24) is 10.0 Å². The lowest BCUT2D eigenvalue weighted by Gasteiger charge is -2.08. The zero-order valence-electron chi connectivity index (χ0n) is 14.7. The van der Waals surface area contributed by atoms with Crippen molar-refractivity contribution in [2.45, 2.75) is 17.2 Å². The van der Waals surface area contributed by atoms with Crippen LogP contribution in [0.3, 0.4) is 0 Å². The Morgan fingerprint density at radius 2 is 1.93 bits per heavy atom. The second kappa shape index (κ2) is 8.03. The lowest BCUT2D eigenvalue weighted by molar-refractivity contribution is -0.385. The molecule has 0 bridgehead atoms. The first-order chi connectivity index (χ1) is 13.3. The molecule has 148 valence electrons. The molecular formula is C18H18FN3O5S. The number of sulfonamides is 1. The van der Waals surface area contributed by atoms with Gasteiger partial charge in [-0.3, -0.25) is 14.9 Å². The lowest BCUT2D eigenvalue weighted by Crippen LogP contribution is -2.35. The smallest absolute Gasteiger partial charge is 0.270 e.